The zero-order chi connectivity index (χ0) is 28.1. The maximum atomic E-state index is 13.2. The van der Waals surface area contributed by atoms with E-state index in [9.17, 15) is 29.4 Å². The van der Waals surface area contributed by atoms with E-state index < -0.39 is 41.8 Å². The first-order chi connectivity index (χ1) is 18.0. The summed E-state index contributed by atoms with van der Waals surface area (Å²) in [4.78, 5) is 53.8. The fraction of sp³-hybridized carbons (Fsp3) is 0.346. The SMILES string of the molecule is CC(=O)N[C@H](Cc1ccc(O)cc1)C(=O)N[C@@H](Cc1ccccc1)C(=O)NC(CCCN=C(N)N)C(=O)O. The van der Waals surface area contributed by atoms with Crippen LogP contribution in [0.1, 0.15) is 30.9 Å². The fourth-order valence-corrected chi connectivity index (χ4v) is 3.69. The molecule has 0 aliphatic carbocycles. The molecule has 0 saturated carbocycles. The molecule has 0 saturated heterocycles. The summed E-state index contributed by atoms with van der Waals surface area (Å²) in [5.41, 5.74) is 12.0. The van der Waals surface area contributed by atoms with E-state index in [0.717, 1.165) is 5.56 Å². The summed E-state index contributed by atoms with van der Waals surface area (Å²) < 4.78 is 0. The number of carboxylic acids is 1. The Hall–Kier alpha value is -4.61. The largest absolute Gasteiger partial charge is 0.508 e. The first-order valence-corrected chi connectivity index (χ1v) is 12.0. The monoisotopic (exact) mass is 526 g/mol. The molecule has 3 atom stereocenters. The number of nitrogens with two attached hydrogens (primary N) is 2. The number of aromatic hydroxyl groups is 1. The molecule has 12 nitrogen and oxygen atoms in total. The number of nitrogens with one attached hydrogen (secondary N) is 3. The minimum atomic E-state index is -1.24. The highest BCUT2D eigenvalue weighted by Crippen LogP contribution is 2.12. The van der Waals surface area contributed by atoms with Crippen molar-refractivity contribution in [1.29, 1.82) is 0 Å². The van der Waals surface area contributed by atoms with Crippen LogP contribution in [0.2, 0.25) is 0 Å². The van der Waals surface area contributed by atoms with Crippen molar-refractivity contribution in [3.63, 3.8) is 0 Å². The van der Waals surface area contributed by atoms with Gasteiger partial charge in [-0.2, -0.15) is 0 Å². The Labute approximate surface area is 220 Å². The van der Waals surface area contributed by atoms with E-state index in [1.54, 1.807) is 42.5 Å². The molecule has 0 heterocycles. The molecule has 0 radical (unpaired) electrons. The van der Waals surface area contributed by atoms with Crippen molar-refractivity contribution >= 4 is 29.7 Å². The number of amides is 3. The number of rotatable bonds is 14. The van der Waals surface area contributed by atoms with Crippen LogP contribution in [-0.2, 0) is 32.0 Å². The molecule has 0 spiro atoms. The number of hydrogen-bond acceptors (Lipinski definition) is 6. The molecule has 0 aliphatic rings. The lowest BCUT2D eigenvalue weighted by atomic mass is 10.0. The first-order valence-electron chi connectivity index (χ1n) is 12.0. The van der Waals surface area contributed by atoms with Gasteiger partial charge in [-0.05, 0) is 36.1 Å². The van der Waals surface area contributed by atoms with Crippen LogP contribution >= 0.6 is 0 Å². The van der Waals surface area contributed by atoms with Gasteiger partial charge in [0.05, 0.1) is 0 Å². The first kappa shape index (κ1) is 29.6. The zero-order valence-corrected chi connectivity index (χ0v) is 21.1. The van der Waals surface area contributed by atoms with Crippen LogP contribution in [0.5, 0.6) is 5.75 Å². The summed E-state index contributed by atoms with van der Waals surface area (Å²) in [7, 11) is 0. The van der Waals surface area contributed by atoms with Gasteiger partial charge in [-0.15, -0.1) is 0 Å². The van der Waals surface area contributed by atoms with Crippen molar-refractivity contribution < 1.29 is 29.4 Å². The smallest absolute Gasteiger partial charge is 0.326 e. The van der Waals surface area contributed by atoms with Crippen molar-refractivity contribution in [2.45, 2.75) is 50.7 Å². The molecule has 0 bridgehead atoms. The van der Waals surface area contributed by atoms with Crippen LogP contribution < -0.4 is 27.4 Å². The number of benzene rings is 2. The van der Waals surface area contributed by atoms with Crippen molar-refractivity contribution in [2.75, 3.05) is 6.54 Å². The molecule has 2 aromatic rings. The van der Waals surface area contributed by atoms with Crippen LogP contribution in [-0.4, -0.2) is 64.5 Å². The van der Waals surface area contributed by atoms with Crippen LogP contribution in [0, 0.1) is 0 Å². The van der Waals surface area contributed by atoms with Gasteiger partial charge in [0, 0.05) is 26.3 Å². The highest BCUT2D eigenvalue weighted by atomic mass is 16.4. The minimum absolute atomic E-state index is 0.0557. The molecule has 1 unspecified atom stereocenters. The third kappa shape index (κ3) is 10.6. The van der Waals surface area contributed by atoms with Crippen LogP contribution in [0.25, 0.3) is 0 Å². The van der Waals surface area contributed by atoms with Crippen molar-refractivity contribution in [2.24, 2.45) is 16.5 Å². The quantitative estimate of drug-likeness (QED) is 0.0992. The van der Waals surface area contributed by atoms with E-state index in [2.05, 4.69) is 20.9 Å². The lowest BCUT2D eigenvalue weighted by Crippen LogP contribution is -2.56. The second-order valence-electron chi connectivity index (χ2n) is 8.72. The van der Waals surface area contributed by atoms with E-state index in [-0.39, 0.29) is 37.5 Å². The Morgan fingerprint density at radius 3 is 1.87 bits per heavy atom. The summed E-state index contributed by atoms with van der Waals surface area (Å²) in [5.74, 6) is -3.06. The molecule has 0 aliphatic heterocycles. The summed E-state index contributed by atoms with van der Waals surface area (Å²) >= 11 is 0. The minimum Gasteiger partial charge on any atom is -0.508 e. The molecular weight excluding hydrogens is 492 g/mol. The van der Waals surface area contributed by atoms with Crippen LogP contribution in [0.15, 0.2) is 59.6 Å². The average molecular weight is 527 g/mol. The maximum absolute atomic E-state index is 13.2. The number of nitrogens with zero attached hydrogens (tertiary/aromatic N) is 1. The lowest BCUT2D eigenvalue weighted by molar-refractivity contribution is -0.142. The Kier molecular flexibility index (Phi) is 11.6. The molecule has 2 aromatic carbocycles. The number of carboxylic acid groups (broad SMARTS) is 1. The van der Waals surface area contributed by atoms with Gasteiger partial charge in [0.2, 0.25) is 17.7 Å². The summed E-state index contributed by atoms with van der Waals surface area (Å²) in [6, 6.07) is 11.7. The fourth-order valence-electron chi connectivity index (χ4n) is 3.69. The molecular formula is C26H34N6O6. The summed E-state index contributed by atoms with van der Waals surface area (Å²) in [6.45, 7) is 1.47. The normalized spacial score (nSPS) is 12.9. The summed E-state index contributed by atoms with van der Waals surface area (Å²) in [6.07, 6.45) is 0.569. The Morgan fingerprint density at radius 2 is 1.34 bits per heavy atom. The van der Waals surface area contributed by atoms with E-state index in [4.69, 9.17) is 11.5 Å². The van der Waals surface area contributed by atoms with Gasteiger partial charge in [-0.25, -0.2) is 4.79 Å². The van der Waals surface area contributed by atoms with Gasteiger partial charge in [0.15, 0.2) is 5.96 Å². The molecule has 0 fully saturated rings. The number of hydrogen-bond donors (Lipinski definition) is 7. The van der Waals surface area contributed by atoms with Gasteiger partial charge in [-0.3, -0.25) is 19.4 Å². The van der Waals surface area contributed by atoms with Gasteiger partial charge < -0.3 is 37.6 Å². The lowest BCUT2D eigenvalue weighted by Gasteiger charge is -2.24. The number of phenols is 1. The third-order valence-corrected chi connectivity index (χ3v) is 5.55. The predicted octanol–water partition coefficient (Wildman–Crippen LogP) is -0.210. The molecule has 12 heteroatoms. The van der Waals surface area contributed by atoms with Crippen LogP contribution in [0.3, 0.4) is 0 Å². The standard InChI is InChI=1S/C26H34N6O6/c1-16(33)30-21(15-18-9-11-19(34)12-10-18)23(35)32-22(14-17-6-3-2-4-7-17)24(36)31-20(25(37)38)8-5-13-29-26(27)28/h2-4,6-7,9-12,20-22,34H,5,8,13-15H2,1H3,(H,30,33)(H,31,36)(H,32,35)(H,37,38)(H4,27,28,29)/t20?,21-,22+/m1/s1. The summed E-state index contributed by atoms with van der Waals surface area (Å²) in [5, 5.41) is 26.9. The highest BCUT2D eigenvalue weighted by molar-refractivity contribution is 5.93. The molecule has 204 valence electrons. The number of carbonyl (C=O) groups excluding carboxylic acids is 3. The van der Waals surface area contributed by atoms with E-state index in [0.29, 0.717) is 12.0 Å². The number of carbonyl (C=O) groups is 4. The zero-order valence-electron chi connectivity index (χ0n) is 21.1. The molecule has 0 aromatic heterocycles. The van der Waals surface area contributed by atoms with Gasteiger partial charge >= 0.3 is 5.97 Å². The highest BCUT2D eigenvalue weighted by Gasteiger charge is 2.29. The third-order valence-electron chi connectivity index (χ3n) is 5.55. The molecule has 9 N–H and O–H groups in total. The number of aliphatic imine (C=N–C) groups is 1. The average Bonchev–Trinajstić information content (AvgIpc) is 2.86. The van der Waals surface area contributed by atoms with Crippen molar-refractivity contribution in [3.05, 3.63) is 65.7 Å². The maximum Gasteiger partial charge on any atom is 0.326 e. The van der Waals surface area contributed by atoms with Crippen LogP contribution in [0.4, 0.5) is 0 Å². The number of aliphatic carboxylic acids is 1. The van der Waals surface area contributed by atoms with Crippen molar-refractivity contribution in [3.8, 4) is 5.75 Å². The Bertz CT molecular complexity index is 1120. The molecule has 2 rings (SSSR count). The van der Waals surface area contributed by atoms with E-state index in [1.165, 1.54) is 19.1 Å². The second-order valence-corrected chi connectivity index (χ2v) is 8.72. The van der Waals surface area contributed by atoms with Crippen molar-refractivity contribution in [1.82, 2.24) is 16.0 Å². The number of phenolic OH excluding ortho intramolecular Hbond substituents is 1. The van der Waals surface area contributed by atoms with Gasteiger partial charge in [0.25, 0.3) is 0 Å². The Morgan fingerprint density at radius 1 is 0.816 bits per heavy atom. The second kappa shape index (κ2) is 14.8. The van der Waals surface area contributed by atoms with Gasteiger partial charge in [-0.1, -0.05) is 42.5 Å². The van der Waals surface area contributed by atoms with E-state index in [1.807, 2.05) is 0 Å². The Balaban J connectivity index is 2.20. The van der Waals surface area contributed by atoms with E-state index >= 15 is 0 Å². The molecule has 38 heavy (non-hydrogen) atoms. The predicted molar refractivity (Wildman–Crippen MR) is 141 cm³/mol. The molecule has 3 amide bonds. The van der Waals surface area contributed by atoms with Gasteiger partial charge in [0.1, 0.15) is 23.9 Å². The topological polar surface area (TPSA) is 209 Å². The number of guanidine groups is 1.